The predicted molar refractivity (Wildman–Crippen MR) is 65.8 cm³/mol. The summed E-state index contributed by atoms with van der Waals surface area (Å²) < 4.78 is 13.7. The molecular weight excluding hydrogens is 237 g/mol. The molecule has 5 heteroatoms. The van der Waals surface area contributed by atoms with Crippen LogP contribution in [0.4, 0.5) is 10.1 Å². The molecule has 0 aliphatic carbocycles. The third kappa shape index (κ3) is 3.91. The second-order valence-electron chi connectivity index (χ2n) is 4.64. The van der Waals surface area contributed by atoms with Crippen molar-refractivity contribution >= 4 is 11.5 Å². The maximum atomic E-state index is 13.7. The lowest BCUT2D eigenvalue weighted by Gasteiger charge is -2.05. The average Bonchev–Trinajstić information content (AvgIpc) is 2.26. The smallest absolute Gasteiger partial charge is 0.300 e. The minimum Gasteiger partial charge on any atom is -0.300 e. The van der Waals surface area contributed by atoms with Crippen molar-refractivity contribution in [1.29, 1.82) is 0 Å². The van der Waals surface area contributed by atoms with E-state index in [0.717, 1.165) is 6.07 Å². The van der Waals surface area contributed by atoms with Crippen molar-refractivity contribution in [3.05, 3.63) is 39.7 Å². The highest BCUT2D eigenvalue weighted by Crippen LogP contribution is 2.21. The normalized spacial score (nSPS) is 10.7. The van der Waals surface area contributed by atoms with Crippen LogP contribution in [0.25, 0.3) is 0 Å². The van der Waals surface area contributed by atoms with E-state index in [1.807, 2.05) is 13.8 Å². The summed E-state index contributed by atoms with van der Waals surface area (Å²) >= 11 is 0. The third-order valence-electron chi connectivity index (χ3n) is 2.56. The Labute approximate surface area is 105 Å². The van der Waals surface area contributed by atoms with Gasteiger partial charge in [0.2, 0.25) is 5.82 Å². The molecule has 1 aromatic rings. The number of nitro groups is 1. The van der Waals surface area contributed by atoms with E-state index < -0.39 is 16.4 Å². The molecule has 4 nitrogen and oxygen atoms in total. The highest BCUT2D eigenvalue weighted by molar-refractivity contribution is 5.78. The number of benzene rings is 1. The van der Waals surface area contributed by atoms with Crippen LogP contribution in [-0.4, -0.2) is 10.7 Å². The molecule has 0 aromatic heterocycles. The molecule has 0 amide bonds. The molecule has 0 bridgehead atoms. The number of aryl methyl sites for hydroxylation is 1. The number of Topliss-reactive ketones (excluding diaryl/α,β-unsaturated/α-hetero) is 1. The van der Waals surface area contributed by atoms with E-state index in [2.05, 4.69) is 0 Å². The second-order valence-corrected chi connectivity index (χ2v) is 4.64. The van der Waals surface area contributed by atoms with Crippen LogP contribution < -0.4 is 0 Å². The van der Waals surface area contributed by atoms with Crippen molar-refractivity contribution < 1.29 is 14.1 Å². The zero-order valence-electron chi connectivity index (χ0n) is 10.5. The Morgan fingerprint density at radius 3 is 2.67 bits per heavy atom. The van der Waals surface area contributed by atoms with Gasteiger partial charge in [0.15, 0.2) is 0 Å². The first-order chi connectivity index (χ1) is 8.41. The average molecular weight is 253 g/mol. The number of carbonyl (C=O) groups excluding carboxylic acids is 1. The first kappa shape index (κ1) is 14.3. The Hall–Kier alpha value is -1.78. The Bertz CT molecular complexity index is 458. The molecule has 18 heavy (non-hydrogen) atoms. The zero-order valence-corrected chi connectivity index (χ0v) is 10.5. The fraction of sp³-hybridized carbons (Fsp3) is 0.462. The minimum atomic E-state index is -0.833. The Balaban J connectivity index is 2.71. The summed E-state index contributed by atoms with van der Waals surface area (Å²) in [5.41, 5.74) is -0.315. The summed E-state index contributed by atoms with van der Waals surface area (Å²) in [6.45, 7) is 3.87. The van der Waals surface area contributed by atoms with Crippen molar-refractivity contribution in [2.24, 2.45) is 5.92 Å². The molecule has 0 saturated carbocycles. The molecular formula is C13H16FNO3. The summed E-state index contributed by atoms with van der Waals surface area (Å²) in [5.74, 6) is -0.511. The maximum absolute atomic E-state index is 13.7. The van der Waals surface area contributed by atoms with Crippen LogP contribution in [0.1, 0.15) is 32.3 Å². The van der Waals surface area contributed by atoms with E-state index in [0.29, 0.717) is 6.42 Å². The van der Waals surface area contributed by atoms with Crippen molar-refractivity contribution in [2.75, 3.05) is 0 Å². The molecule has 98 valence electrons. The van der Waals surface area contributed by atoms with Crippen LogP contribution in [-0.2, 0) is 11.2 Å². The third-order valence-corrected chi connectivity index (χ3v) is 2.56. The lowest BCUT2D eigenvalue weighted by molar-refractivity contribution is -0.387. The van der Waals surface area contributed by atoms with Crippen molar-refractivity contribution in [1.82, 2.24) is 0 Å². The fourth-order valence-corrected chi connectivity index (χ4v) is 1.73. The van der Waals surface area contributed by atoms with Crippen molar-refractivity contribution in [2.45, 2.75) is 33.1 Å². The first-order valence-corrected chi connectivity index (χ1v) is 5.85. The molecule has 0 spiro atoms. The van der Waals surface area contributed by atoms with E-state index in [-0.39, 0.29) is 30.1 Å². The summed E-state index contributed by atoms with van der Waals surface area (Å²) in [6, 6.07) is 4.03. The minimum absolute atomic E-state index is 0.0518. The van der Waals surface area contributed by atoms with Gasteiger partial charge in [-0.05, 0) is 17.9 Å². The molecule has 1 aromatic carbocycles. The van der Waals surface area contributed by atoms with Gasteiger partial charge in [-0.1, -0.05) is 26.0 Å². The number of rotatable bonds is 6. The summed E-state index contributed by atoms with van der Waals surface area (Å²) in [7, 11) is 0. The second kappa shape index (κ2) is 6.23. The van der Waals surface area contributed by atoms with Crippen molar-refractivity contribution in [3.8, 4) is 0 Å². The van der Waals surface area contributed by atoms with Gasteiger partial charge in [-0.2, -0.15) is 4.39 Å². The van der Waals surface area contributed by atoms with E-state index in [1.54, 1.807) is 0 Å². The molecule has 0 atom stereocenters. The van der Waals surface area contributed by atoms with Crippen LogP contribution in [0.15, 0.2) is 18.2 Å². The molecule has 0 aliphatic heterocycles. The number of hydrogen-bond acceptors (Lipinski definition) is 3. The Morgan fingerprint density at radius 2 is 2.11 bits per heavy atom. The molecule has 0 N–H and O–H groups in total. The van der Waals surface area contributed by atoms with E-state index in [1.165, 1.54) is 12.1 Å². The molecule has 0 fully saturated rings. The van der Waals surface area contributed by atoms with Crippen LogP contribution in [0.3, 0.4) is 0 Å². The van der Waals surface area contributed by atoms with Gasteiger partial charge in [-0.15, -0.1) is 0 Å². The molecule has 0 heterocycles. The first-order valence-electron chi connectivity index (χ1n) is 5.85. The summed E-state index contributed by atoms with van der Waals surface area (Å²) in [6.07, 6.45) is 0.881. The number of halogens is 1. The van der Waals surface area contributed by atoms with Crippen LogP contribution in [0.5, 0.6) is 0 Å². The van der Waals surface area contributed by atoms with Gasteiger partial charge in [0.1, 0.15) is 5.78 Å². The van der Waals surface area contributed by atoms with E-state index in [9.17, 15) is 19.3 Å². The molecule has 1 rings (SSSR count). The topological polar surface area (TPSA) is 60.2 Å². The zero-order chi connectivity index (χ0) is 13.7. The molecule has 0 radical (unpaired) electrons. The van der Waals surface area contributed by atoms with Gasteiger partial charge < -0.3 is 0 Å². The highest BCUT2D eigenvalue weighted by atomic mass is 19.1. The molecule has 0 saturated heterocycles. The lowest BCUT2D eigenvalue weighted by Crippen LogP contribution is -2.05. The highest BCUT2D eigenvalue weighted by Gasteiger charge is 2.17. The Morgan fingerprint density at radius 1 is 1.44 bits per heavy atom. The van der Waals surface area contributed by atoms with Gasteiger partial charge >= 0.3 is 5.69 Å². The van der Waals surface area contributed by atoms with Gasteiger partial charge in [0, 0.05) is 18.9 Å². The van der Waals surface area contributed by atoms with Crippen molar-refractivity contribution in [3.63, 3.8) is 0 Å². The number of nitro benzene ring substituents is 1. The number of hydrogen-bond donors (Lipinski definition) is 0. The maximum Gasteiger partial charge on any atom is 0.305 e. The fourth-order valence-electron chi connectivity index (χ4n) is 1.73. The number of carbonyl (C=O) groups is 1. The van der Waals surface area contributed by atoms with Crippen LogP contribution in [0.2, 0.25) is 0 Å². The standard InChI is InChI=1S/C13H16FNO3/c1-9(2)8-11(16)7-6-10-4-3-5-12(13(10)14)15(17)18/h3-5,9H,6-8H2,1-2H3. The Kier molecular flexibility index (Phi) is 4.95. The van der Waals surface area contributed by atoms with E-state index >= 15 is 0 Å². The van der Waals surface area contributed by atoms with Gasteiger partial charge in [-0.25, -0.2) is 0 Å². The predicted octanol–water partition coefficient (Wildman–Crippen LogP) is 3.28. The van der Waals surface area contributed by atoms with Crippen LogP contribution in [0, 0.1) is 21.8 Å². The number of nitrogens with zero attached hydrogens (tertiary/aromatic N) is 1. The summed E-state index contributed by atoms with van der Waals surface area (Å²) in [5, 5.41) is 10.6. The monoisotopic (exact) mass is 253 g/mol. The number of ketones is 1. The molecule has 0 unspecified atom stereocenters. The van der Waals surface area contributed by atoms with E-state index in [4.69, 9.17) is 0 Å². The van der Waals surface area contributed by atoms with Gasteiger partial charge in [0.25, 0.3) is 0 Å². The largest absolute Gasteiger partial charge is 0.305 e. The SMILES string of the molecule is CC(C)CC(=O)CCc1cccc([N+](=O)[O-])c1F. The molecule has 0 aliphatic rings. The lowest BCUT2D eigenvalue weighted by atomic mass is 10.0. The quantitative estimate of drug-likeness (QED) is 0.577. The summed E-state index contributed by atoms with van der Waals surface area (Å²) in [4.78, 5) is 21.3. The van der Waals surface area contributed by atoms with Gasteiger partial charge in [-0.3, -0.25) is 14.9 Å². The van der Waals surface area contributed by atoms with Gasteiger partial charge in [0.05, 0.1) is 4.92 Å². The van der Waals surface area contributed by atoms with Crippen LogP contribution >= 0.6 is 0 Å².